The third kappa shape index (κ3) is 3.77. The van der Waals surface area contributed by atoms with Crippen molar-refractivity contribution in [1.29, 1.82) is 0 Å². The zero-order chi connectivity index (χ0) is 17.1. The molecule has 1 unspecified atom stereocenters. The first-order valence-corrected chi connectivity index (χ1v) is 8.56. The second-order valence-electron chi connectivity index (χ2n) is 6.73. The van der Waals surface area contributed by atoms with Gasteiger partial charge in [-0.1, -0.05) is 36.4 Å². The fraction of sp³-hybridized carbons (Fsp3) is 0.450. The van der Waals surface area contributed by atoms with Crippen molar-refractivity contribution in [1.82, 2.24) is 0 Å². The number of benzene rings is 1. The number of aliphatic hydroxyl groups excluding tert-OH is 1. The van der Waals surface area contributed by atoms with Gasteiger partial charge in [0.15, 0.2) is 0 Å². The summed E-state index contributed by atoms with van der Waals surface area (Å²) in [6.45, 7) is 1.76. The van der Waals surface area contributed by atoms with Crippen molar-refractivity contribution in [2.75, 3.05) is 0 Å². The Morgan fingerprint density at radius 3 is 2.92 bits per heavy atom. The number of carboxylic acid groups (broad SMARTS) is 1. The first-order chi connectivity index (χ1) is 11.5. The van der Waals surface area contributed by atoms with Gasteiger partial charge in [-0.3, -0.25) is 0 Å². The molecule has 0 amide bonds. The molecule has 24 heavy (non-hydrogen) atoms. The molecular weight excluding hydrogens is 304 g/mol. The maximum absolute atomic E-state index is 11.0. The molecule has 0 saturated carbocycles. The fourth-order valence-corrected chi connectivity index (χ4v) is 3.81. The number of allylic oxidation sites excluding steroid dienone is 1. The van der Waals surface area contributed by atoms with E-state index in [1.54, 1.807) is 25.1 Å². The summed E-state index contributed by atoms with van der Waals surface area (Å²) in [6, 6.07) is 6.95. The van der Waals surface area contributed by atoms with Gasteiger partial charge in [-0.2, -0.15) is 0 Å². The highest BCUT2D eigenvalue weighted by atomic mass is 16.5. The third-order valence-electron chi connectivity index (χ3n) is 4.95. The molecular formula is C20H24O4. The first-order valence-electron chi connectivity index (χ1n) is 8.56. The minimum atomic E-state index is -0.907. The van der Waals surface area contributed by atoms with Crippen LogP contribution >= 0.6 is 0 Å². The number of ether oxygens (including phenoxy) is 1. The summed E-state index contributed by atoms with van der Waals surface area (Å²) >= 11 is 0. The predicted molar refractivity (Wildman–Crippen MR) is 92.7 cm³/mol. The Hall–Kier alpha value is -1.91. The van der Waals surface area contributed by atoms with Crippen LogP contribution in [0, 0.1) is 11.8 Å². The van der Waals surface area contributed by atoms with Crippen LogP contribution in [-0.2, 0) is 4.74 Å². The number of aromatic carboxylic acids is 1. The number of aliphatic hydroxyl groups is 1. The highest BCUT2D eigenvalue weighted by Crippen LogP contribution is 2.45. The predicted octanol–water partition coefficient (Wildman–Crippen LogP) is 3.52. The Morgan fingerprint density at radius 1 is 1.38 bits per heavy atom. The van der Waals surface area contributed by atoms with Crippen LogP contribution in [0.2, 0.25) is 0 Å². The van der Waals surface area contributed by atoms with Crippen molar-refractivity contribution >= 4 is 12.0 Å². The number of carbonyl (C=O) groups is 1. The topological polar surface area (TPSA) is 66.8 Å². The molecule has 2 N–H and O–H groups in total. The van der Waals surface area contributed by atoms with E-state index in [-0.39, 0.29) is 6.10 Å². The summed E-state index contributed by atoms with van der Waals surface area (Å²) in [4.78, 5) is 11.0. The standard InChI is InChI=1S/C20H24O4/c1-13(21)8-9-17-16(18-10-11-19(17)24-18)7-3-5-14-4-2-6-15(12-14)20(22)23/h2-6,8-9,12-13,16-19,21H,7,10-11H2,1H3,(H,22,23)/t13?,16-,17+,18-,19+/m1/s1. The smallest absolute Gasteiger partial charge is 0.335 e. The summed E-state index contributed by atoms with van der Waals surface area (Å²) in [7, 11) is 0. The number of fused-ring (bicyclic) bond motifs is 2. The summed E-state index contributed by atoms with van der Waals surface area (Å²) in [6.07, 6.45) is 11.3. The quantitative estimate of drug-likeness (QED) is 0.784. The molecule has 2 aliphatic rings. The average Bonchev–Trinajstić information content (AvgIpc) is 3.15. The van der Waals surface area contributed by atoms with E-state index < -0.39 is 12.1 Å². The molecule has 1 aromatic carbocycles. The molecule has 0 aliphatic carbocycles. The molecule has 4 heteroatoms. The fourth-order valence-electron chi connectivity index (χ4n) is 3.81. The maximum Gasteiger partial charge on any atom is 0.335 e. The zero-order valence-corrected chi connectivity index (χ0v) is 13.8. The molecule has 3 rings (SSSR count). The summed E-state index contributed by atoms with van der Waals surface area (Å²) < 4.78 is 6.04. The van der Waals surface area contributed by atoms with Crippen LogP contribution in [0.1, 0.15) is 42.1 Å². The van der Waals surface area contributed by atoms with E-state index in [1.165, 1.54) is 0 Å². The highest BCUT2D eigenvalue weighted by molar-refractivity contribution is 5.88. The van der Waals surface area contributed by atoms with Gasteiger partial charge >= 0.3 is 5.97 Å². The Labute approximate surface area is 142 Å². The second kappa shape index (κ2) is 7.32. The number of hydrogen-bond acceptors (Lipinski definition) is 3. The van der Waals surface area contributed by atoms with Crippen molar-refractivity contribution in [2.45, 2.75) is 44.5 Å². The molecule has 1 aromatic rings. The van der Waals surface area contributed by atoms with Crippen molar-refractivity contribution in [3.05, 3.63) is 53.6 Å². The lowest BCUT2D eigenvalue weighted by Gasteiger charge is -2.24. The third-order valence-corrected chi connectivity index (χ3v) is 4.95. The van der Waals surface area contributed by atoms with E-state index in [9.17, 15) is 9.90 Å². The largest absolute Gasteiger partial charge is 0.478 e. The van der Waals surface area contributed by atoms with Gasteiger partial charge in [0.2, 0.25) is 0 Å². The Kier molecular flexibility index (Phi) is 5.17. The number of rotatable bonds is 6. The molecule has 4 nitrogen and oxygen atoms in total. The lowest BCUT2D eigenvalue weighted by atomic mass is 9.77. The summed E-state index contributed by atoms with van der Waals surface area (Å²) in [5.41, 5.74) is 1.20. The maximum atomic E-state index is 11.0. The van der Waals surface area contributed by atoms with Crippen LogP contribution in [0.4, 0.5) is 0 Å². The van der Waals surface area contributed by atoms with Crippen LogP contribution in [0.3, 0.4) is 0 Å². The van der Waals surface area contributed by atoms with E-state index in [4.69, 9.17) is 9.84 Å². The molecule has 0 radical (unpaired) electrons. The SMILES string of the molecule is CC(O)C=C[C@H]1[C@@H](CC=Cc2cccc(C(=O)O)c2)[C@H]2CC[C@@H]1O2. The van der Waals surface area contributed by atoms with E-state index in [0.717, 1.165) is 24.8 Å². The van der Waals surface area contributed by atoms with Crippen LogP contribution in [0.25, 0.3) is 6.08 Å². The Balaban J connectivity index is 1.66. The second-order valence-corrected chi connectivity index (χ2v) is 6.73. The normalized spacial score (nSPS) is 30.4. The Bertz CT molecular complexity index is 647. The molecule has 0 spiro atoms. The molecule has 2 heterocycles. The lowest BCUT2D eigenvalue weighted by molar-refractivity contribution is 0.0696. The lowest BCUT2D eigenvalue weighted by Crippen LogP contribution is -2.25. The number of carboxylic acids is 1. The molecule has 2 bridgehead atoms. The Morgan fingerprint density at radius 2 is 2.17 bits per heavy atom. The van der Waals surface area contributed by atoms with Gasteiger partial charge < -0.3 is 14.9 Å². The van der Waals surface area contributed by atoms with Gasteiger partial charge in [0.05, 0.1) is 23.9 Å². The molecule has 2 aliphatic heterocycles. The van der Waals surface area contributed by atoms with E-state index in [1.807, 2.05) is 18.2 Å². The van der Waals surface area contributed by atoms with Crippen LogP contribution in [0.5, 0.6) is 0 Å². The zero-order valence-electron chi connectivity index (χ0n) is 13.8. The van der Waals surface area contributed by atoms with Crippen LogP contribution < -0.4 is 0 Å². The minimum Gasteiger partial charge on any atom is -0.478 e. The van der Waals surface area contributed by atoms with Gasteiger partial charge in [-0.15, -0.1) is 0 Å². The summed E-state index contributed by atoms with van der Waals surface area (Å²) in [5.74, 6) is -0.124. The monoisotopic (exact) mass is 328 g/mol. The van der Waals surface area contributed by atoms with Gasteiger partial charge in [-0.25, -0.2) is 4.79 Å². The van der Waals surface area contributed by atoms with E-state index in [0.29, 0.717) is 23.5 Å². The van der Waals surface area contributed by atoms with Crippen molar-refractivity contribution in [3.8, 4) is 0 Å². The highest BCUT2D eigenvalue weighted by Gasteiger charge is 2.46. The van der Waals surface area contributed by atoms with Gasteiger partial charge in [0.25, 0.3) is 0 Å². The first kappa shape index (κ1) is 16.9. The van der Waals surface area contributed by atoms with Crippen molar-refractivity contribution < 1.29 is 19.7 Å². The summed E-state index contributed by atoms with van der Waals surface area (Å²) in [5, 5.41) is 18.5. The van der Waals surface area contributed by atoms with Gasteiger partial charge in [0, 0.05) is 5.92 Å². The van der Waals surface area contributed by atoms with E-state index in [2.05, 4.69) is 12.2 Å². The van der Waals surface area contributed by atoms with Crippen LogP contribution in [-0.4, -0.2) is 34.5 Å². The van der Waals surface area contributed by atoms with E-state index >= 15 is 0 Å². The molecule has 128 valence electrons. The molecule has 0 aromatic heterocycles. The molecule has 5 atom stereocenters. The van der Waals surface area contributed by atoms with Crippen molar-refractivity contribution in [3.63, 3.8) is 0 Å². The molecule has 2 fully saturated rings. The molecule has 2 saturated heterocycles. The van der Waals surface area contributed by atoms with Gasteiger partial charge in [0.1, 0.15) is 0 Å². The van der Waals surface area contributed by atoms with Crippen molar-refractivity contribution in [2.24, 2.45) is 11.8 Å². The number of hydrogen-bond donors (Lipinski definition) is 2. The van der Waals surface area contributed by atoms with Crippen LogP contribution in [0.15, 0.2) is 42.5 Å². The van der Waals surface area contributed by atoms with Gasteiger partial charge in [-0.05, 0) is 49.8 Å². The minimum absolute atomic E-state index is 0.277. The average molecular weight is 328 g/mol.